The number of amides is 1. The summed E-state index contributed by atoms with van der Waals surface area (Å²) in [5.74, 6) is 0.0700. The summed E-state index contributed by atoms with van der Waals surface area (Å²) >= 11 is 0. The van der Waals surface area contributed by atoms with Crippen LogP contribution in [0.15, 0.2) is 24.3 Å². The number of hydrogen-bond donors (Lipinski definition) is 1. The van der Waals surface area contributed by atoms with Crippen LogP contribution in [0.4, 0.5) is 0 Å². The third kappa shape index (κ3) is 3.14. The lowest BCUT2D eigenvalue weighted by Crippen LogP contribution is -2.47. The monoisotopic (exact) mass is 374 g/mol. The van der Waals surface area contributed by atoms with Gasteiger partial charge in [-0.1, -0.05) is 18.2 Å². The van der Waals surface area contributed by atoms with Crippen molar-refractivity contribution in [3.05, 3.63) is 46.8 Å². The number of aryl methyl sites for hydroxylation is 1. The SMILES string of the molecule is Cc1ccccc1-n1nc(C(=O)N2CCCCC2CN)c2c1CCC2.Cl. The molecule has 1 saturated heterocycles. The fraction of sp³-hybridized carbons (Fsp3) is 0.500. The summed E-state index contributed by atoms with van der Waals surface area (Å²) < 4.78 is 2.01. The summed E-state index contributed by atoms with van der Waals surface area (Å²) in [5, 5.41) is 4.79. The molecular weight excluding hydrogens is 348 g/mol. The van der Waals surface area contributed by atoms with Crippen molar-refractivity contribution >= 4 is 18.3 Å². The van der Waals surface area contributed by atoms with Crippen LogP contribution in [-0.2, 0) is 12.8 Å². The first-order valence-electron chi connectivity index (χ1n) is 9.38. The van der Waals surface area contributed by atoms with Gasteiger partial charge in [0, 0.05) is 30.4 Å². The molecule has 26 heavy (non-hydrogen) atoms. The molecule has 0 bridgehead atoms. The number of nitrogens with two attached hydrogens (primary N) is 1. The van der Waals surface area contributed by atoms with E-state index in [1.54, 1.807) is 0 Å². The molecule has 0 saturated carbocycles. The Hall–Kier alpha value is -1.85. The molecule has 2 aliphatic rings. The van der Waals surface area contributed by atoms with Gasteiger partial charge >= 0.3 is 0 Å². The molecule has 6 heteroatoms. The van der Waals surface area contributed by atoms with Crippen molar-refractivity contribution in [3.8, 4) is 5.69 Å². The Morgan fingerprint density at radius 1 is 1.23 bits per heavy atom. The van der Waals surface area contributed by atoms with Crippen molar-refractivity contribution in [3.63, 3.8) is 0 Å². The van der Waals surface area contributed by atoms with Crippen LogP contribution in [-0.4, -0.2) is 39.7 Å². The smallest absolute Gasteiger partial charge is 0.274 e. The highest BCUT2D eigenvalue weighted by molar-refractivity contribution is 5.94. The Bertz CT molecular complexity index is 801. The van der Waals surface area contributed by atoms with Gasteiger partial charge in [-0.05, 0) is 57.1 Å². The number of likely N-dealkylation sites (tertiary alicyclic amines) is 1. The Morgan fingerprint density at radius 2 is 2.04 bits per heavy atom. The Labute approximate surface area is 161 Å². The van der Waals surface area contributed by atoms with E-state index in [0.29, 0.717) is 12.2 Å². The standard InChI is InChI=1S/C20H26N4O.ClH/c1-14-7-2-3-10-17(14)24-18-11-6-9-16(18)19(22-24)20(25)23-12-5-4-8-15(23)13-21;/h2-3,7,10,15H,4-6,8-9,11-13,21H2,1H3;1H. The summed E-state index contributed by atoms with van der Waals surface area (Å²) in [7, 11) is 0. The van der Waals surface area contributed by atoms with E-state index in [1.165, 1.54) is 11.3 Å². The maximum atomic E-state index is 13.3. The number of nitrogens with zero attached hydrogens (tertiary/aromatic N) is 3. The zero-order valence-corrected chi connectivity index (χ0v) is 16.1. The van der Waals surface area contributed by atoms with Crippen molar-refractivity contribution in [2.24, 2.45) is 5.73 Å². The van der Waals surface area contributed by atoms with Gasteiger partial charge in [0.15, 0.2) is 5.69 Å². The second-order valence-corrected chi connectivity index (χ2v) is 7.21. The summed E-state index contributed by atoms with van der Waals surface area (Å²) in [6, 6.07) is 8.39. The van der Waals surface area contributed by atoms with E-state index in [4.69, 9.17) is 10.8 Å². The van der Waals surface area contributed by atoms with Crippen LogP contribution in [0.3, 0.4) is 0 Å². The van der Waals surface area contributed by atoms with Crippen LogP contribution in [0, 0.1) is 6.92 Å². The molecule has 140 valence electrons. The van der Waals surface area contributed by atoms with E-state index in [-0.39, 0.29) is 24.4 Å². The largest absolute Gasteiger partial charge is 0.333 e. The molecule has 0 spiro atoms. The van der Waals surface area contributed by atoms with Gasteiger partial charge in [-0.25, -0.2) is 4.68 Å². The van der Waals surface area contributed by atoms with E-state index in [1.807, 2.05) is 21.7 Å². The lowest BCUT2D eigenvalue weighted by Gasteiger charge is -2.34. The predicted molar refractivity (Wildman–Crippen MR) is 105 cm³/mol. The first-order chi connectivity index (χ1) is 12.2. The molecule has 1 aliphatic heterocycles. The number of fused-ring (bicyclic) bond motifs is 1. The van der Waals surface area contributed by atoms with Crippen molar-refractivity contribution in [2.75, 3.05) is 13.1 Å². The van der Waals surface area contributed by atoms with Gasteiger partial charge in [0.25, 0.3) is 5.91 Å². The van der Waals surface area contributed by atoms with Crippen LogP contribution >= 0.6 is 12.4 Å². The van der Waals surface area contributed by atoms with Gasteiger partial charge < -0.3 is 10.6 Å². The molecule has 2 aromatic rings. The fourth-order valence-electron chi connectivity index (χ4n) is 4.26. The number of benzene rings is 1. The van der Waals surface area contributed by atoms with Crippen LogP contribution < -0.4 is 5.73 Å². The number of para-hydroxylation sites is 1. The van der Waals surface area contributed by atoms with Crippen molar-refractivity contribution in [2.45, 2.75) is 51.5 Å². The molecule has 2 N–H and O–H groups in total. The minimum absolute atomic E-state index is 0. The maximum Gasteiger partial charge on any atom is 0.274 e. The topological polar surface area (TPSA) is 64.2 Å². The van der Waals surface area contributed by atoms with Crippen molar-refractivity contribution in [1.82, 2.24) is 14.7 Å². The molecule has 1 aromatic heterocycles. The molecule has 0 radical (unpaired) electrons. The summed E-state index contributed by atoms with van der Waals surface area (Å²) in [6.45, 7) is 3.42. The van der Waals surface area contributed by atoms with E-state index in [9.17, 15) is 4.79 Å². The van der Waals surface area contributed by atoms with Crippen molar-refractivity contribution in [1.29, 1.82) is 0 Å². The zero-order valence-electron chi connectivity index (χ0n) is 15.3. The maximum absolute atomic E-state index is 13.3. The van der Waals surface area contributed by atoms with Crippen LogP contribution in [0.1, 0.15) is 53.0 Å². The second kappa shape index (κ2) is 7.80. The van der Waals surface area contributed by atoms with Gasteiger partial charge in [0.1, 0.15) is 0 Å². The van der Waals surface area contributed by atoms with Gasteiger partial charge in [-0.3, -0.25) is 4.79 Å². The minimum Gasteiger partial charge on any atom is -0.333 e. The minimum atomic E-state index is 0. The molecule has 1 amide bonds. The average Bonchev–Trinajstić information content (AvgIpc) is 3.24. The third-order valence-corrected chi connectivity index (χ3v) is 5.64. The lowest BCUT2D eigenvalue weighted by molar-refractivity contribution is 0.0615. The van der Waals surface area contributed by atoms with E-state index in [2.05, 4.69) is 19.1 Å². The molecule has 2 heterocycles. The number of carbonyl (C=O) groups is 1. The lowest BCUT2D eigenvalue weighted by atomic mass is 10.0. The van der Waals surface area contributed by atoms with E-state index < -0.39 is 0 Å². The summed E-state index contributed by atoms with van der Waals surface area (Å²) in [5.41, 5.74) is 11.2. The van der Waals surface area contributed by atoms with Crippen LogP contribution in [0.5, 0.6) is 0 Å². The van der Waals surface area contributed by atoms with E-state index >= 15 is 0 Å². The Balaban J connectivity index is 0.00000196. The predicted octanol–water partition coefficient (Wildman–Crippen LogP) is 3.04. The highest BCUT2D eigenvalue weighted by Gasteiger charge is 2.33. The number of hydrogen-bond acceptors (Lipinski definition) is 3. The molecule has 1 fully saturated rings. The first-order valence-corrected chi connectivity index (χ1v) is 9.38. The normalized spacial score (nSPS) is 19.2. The molecule has 1 aromatic carbocycles. The fourth-order valence-corrected chi connectivity index (χ4v) is 4.26. The van der Waals surface area contributed by atoms with Gasteiger partial charge in [0.2, 0.25) is 0 Å². The number of carbonyl (C=O) groups excluding carboxylic acids is 1. The number of aromatic nitrogens is 2. The van der Waals surface area contributed by atoms with Gasteiger partial charge in [-0.2, -0.15) is 5.10 Å². The first kappa shape index (κ1) is 18.9. The Morgan fingerprint density at radius 3 is 2.81 bits per heavy atom. The van der Waals surface area contributed by atoms with Crippen LogP contribution in [0.25, 0.3) is 5.69 Å². The molecular formula is C20H27ClN4O. The quantitative estimate of drug-likeness (QED) is 0.898. The molecule has 1 aliphatic carbocycles. The summed E-state index contributed by atoms with van der Waals surface area (Å²) in [6.07, 6.45) is 6.25. The molecule has 1 atom stereocenters. The second-order valence-electron chi connectivity index (χ2n) is 7.21. The highest BCUT2D eigenvalue weighted by atomic mass is 35.5. The number of halogens is 1. The van der Waals surface area contributed by atoms with E-state index in [0.717, 1.165) is 56.3 Å². The van der Waals surface area contributed by atoms with Crippen molar-refractivity contribution < 1.29 is 4.79 Å². The Kier molecular flexibility index (Phi) is 5.68. The average molecular weight is 375 g/mol. The zero-order chi connectivity index (χ0) is 17.4. The van der Waals surface area contributed by atoms with Gasteiger partial charge in [-0.15, -0.1) is 12.4 Å². The third-order valence-electron chi connectivity index (χ3n) is 5.64. The highest BCUT2D eigenvalue weighted by Crippen LogP contribution is 2.30. The molecule has 4 rings (SSSR count). The number of rotatable bonds is 3. The summed E-state index contributed by atoms with van der Waals surface area (Å²) in [4.78, 5) is 15.2. The van der Waals surface area contributed by atoms with Gasteiger partial charge in [0.05, 0.1) is 5.69 Å². The number of piperidine rings is 1. The molecule has 1 unspecified atom stereocenters. The van der Waals surface area contributed by atoms with Crippen LogP contribution in [0.2, 0.25) is 0 Å². The molecule has 5 nitrogen and oxygen atoms in total.